The number of aryl methyl sites for hydroxylation is 1. The zero-order chi connectivity index (χ0) is 21.5. The van der Waals surface area contributed by atoms with E-state index in [0.717, 1.165) is 45.0 Å². The Morgan fingerprint density at radius 2 is 2.00 bits per heavy atom. The number of benzene rings is 2. The van der Waals surface area contributed by atoms with Crippen molar-refractivity contribution in [2.24, 2.45) is 5.92 Å². The zero-order valence-electron chi connectivity index (χ0n) is 17.5. The predicted octanol–water partition coefficient (Wildman–Crippen LogP) is 3.58. The van der Waals surface area contributed by atoms with E-state index in [2.05, 4.69) is 34.9 Å². The lowest BCUT2D eigenvalue weighted by atomic mass is 10.1. The van der Waals surface area contributed by atoms with Crippen molar-refractivity contribution < 1.29 is 14.5 Å². The van der Waals surface area contributed by atoms with Gasteiger partial charge in [-0.1, -0.05) is 29.8 Å². The van der Waals surface area contributed by atoms with E-state index in [-0.39, 0.29) is 5.92 Å². The van der Waals surface area contributed by atoms with Crippen LogP contribution in [0.15, 0.2) is 53.4 Å². The molecule has 7 heteroatoms. The maximum atomic E-state index is 12.7. The molecule has 3 heterocycles. The van der Waals surface area contributed by atoms with Crippen molar-refractivity contribution in [3.8, 4) is 0 Å². The van der Waals surface area contributed by atoms with Crippen molar-refractivity contribution in [1.82, 2.24) is 4.98 Å². The molecule has 3 aromatic rings. The highest BCUT2D eigenvalue weighted by atomic mass is 32.2. The van der Waals surface area contributed by atoms with Crippen molar-refractivity contribution in [1.29, 1.82) is 0 Å². The van der Waals surface area contributed by atoms with Crippen LogP contribution in [0.4, 0.5) is 11.5 Å². The highest BCUT2D eigenvalue weighted by Crippen LogP contribution is 2.35. The summed E-state index contributed by atoms with van der Waals surface area (Å²) in [6, 6.07) is 16.2. The number of aliphatic carboxylic acids is 1. The molecule has 0 radical (unpaired) electrons. The van der Waals surface area contributed by atoms with Crippen LogP contribution in [0.5, 0.6) is 0 Å². The van der Waals surface area contributed by atoms with Crippen LogP contribution in [0.25, 0.3) is 10.9 Å². The van der Waals surface area contributed by atoms with Gasteiger partial charge in [0.05, 0.1) is 18.0 Å². The Morgan fingerprint density at radius 1 is 1.16 bits per heavy atom. The van der Waals surface area contributed by atoms with Crippen LogP contribution in [0, 0.1) is 12.8 Å². The minimum Gasteiger partial charge on any atom is -0.611 e. The van der Waals surface area contributed by atoms with Gasteiger partial charge in [0.2, 0.25) is 0 Å². The molecular formula is C24H25N3O3S. The molecule has 2 aliphatic rings. The van der Waals surface area contributed by atoms with E-state index in [1.54, 1.807) is 0 Å². The van der Waals surface area contributed by atoms with Gasteiger partial charge < -0.3 is 19.5 Å². The molecule has 2 aromatic carbocycles. The SMILES string of the molecule is Cc1ccc2nc(N3CC[S+]([O-])c4ccccc4C3)cc(N3CCC(C(=O)O)C3)c2c1. The van der Waals surface area contributed by atoms with E-state index >= 15 is 0 Å². The van der Waals surface area contributed by atoms with Gasteiger partial charge in [-0.3, -0.25) is 4.79 Å². The number of pyridine rings is 1. The third-order valence-corrected chi connectivity index (χ3v) is 7.70. The summed E-state index contributed by atoms with van der Waals surface area (Å²) in [6.07, 6.45) is 0.649. The Bertz CT molecular complexity index is 1150. The van der Waals surface area contributed by atoms with E-state index < -0.39 is 17.1 Å². The second-order valence-corrected chi connectivity index (χ2v) is 9.91. The number of rotatable bonds is 3. The third kappa shape index (κ3) is 3.83. The number of nitrogens with zero attached hydrogens (tertiary/aromatic N) is 3. The maximum absolute atomic E-state index is 12.7. The van der Waals surface area contributed by atoms with Crippen LogP contribution >= 0.6 is 0 Å². The molecule has 0 bridgehead atoms. The summed E-state index contributed by atoms with van der Waals surface area (Å²) in [5.41, 5.74) is 4.15. The van der Waals surface area contributed by atoms with Crippen LogP contribution in [0.3, 0.4) is 0 Å². The van der Waals surface area contributed by atoms with Crippen LogP contribution < -0.4 is 9.80 Å². The first-order valence-corrected chi connectivity index (χ1v) is 11.9. The first-order valence-electron chi connectivity index (χ1n) is 10.6. The van der Waals surface area contributed by atoms with Gasteiger partial charge >= 0.3 is 5.97 Å². The van der Waals surface area contributed by atoms with Crippen LogP contribution in [0.1, 0.15) is 17.5 Å². The third-order valence-electron chi connectivity index (χ3n) is 6.26. The number of hydrogen-bond donors (Lipinski definition) is 1. The molecule has 1 N–H and O–H groups in total. The van der Waals surface area contributed by atoms with E-state index in [9.17, 15) is 14.5 Å². The fourth-order valence-corrected chi connectivity index (χ4v) is 5.81. The van der Waals surface area contributed by atoms with Gasteiger partial charge in [0, 0.05) is 42.3 Å². The standard InChI is InChI=1S/C24H25N3O3S/c1-16-6-7-20-19(12-16)21(26-9-8-18(15-26)24(28)29)13-23(25-20)27-10-11-31(30)22-5-3-2-4-17(22)14-27/h2-7,12-13,18H,8-11,14-15H2,1H3,(H,28,29). The molecule has 5 rings (SSSR count). The van der Waals surface area contributed by atoms with Crippen LogP contribution in [0.2, 0.25) is 0 Å². The van der Waals surface area contributed by atoms with Crippen molar-refractivity contribution in [2.45, 2.75) is 24.8 Å². The minimum atomic E-state index is -1.02. The Balaban J connectivity index is 1.57. The highest BCUT2D eigenvalue weighted by Gasteiger charge is 2.30. The van der Waals surface area contributed by atoms with E-state index in [1.165, 1.54) is 0 Å². The number of carbonyl (C=O) groups is 1. The smallest absolute Gasteiger partial charge is 0.308 e. The summed E-state index contributed by atoms with van der Waals surface area (Å²) in [6.45, 7) is 4.60. The Hall–Kier alpha value is -2.77. The molecule has 2 atom stereocenters. The summed E-state index contributed by atoms with van der Waals surface area (Å²) >= 11 is -1.02. The molecule has 6 nitrogen and oxygen atoms in total. The molecule has 1 aromatic heterocycles. The molecule has 1 saturated heterocycles. The van der Waals surface area contributed by atoms with Crippen molar-refractivity contribution in [3.63, 3.8) is 0 Å². The van der Waals surface area contributed by atoms with E-state index in [0.29, 0.717) is 31.8 Å². The highest BCUT2D eigenvalue weighted by molar-refractivity contribution is 7.91. The van der Waals surface area contributed by atoms with Gasteiger partial charge in [-0.2, -0.15) is 0 Å². The quantitative estimate of drug-likeness (QED) is 0.634. The normalized spacial score (nSPS) is 21.2. The molecule has 2 aliphatic heterocycles. The number of carboxylic acid groups (broad SMARTS) is 1. The fourth-order valence-electron chi connectivity index (χ4n) is 4.55. The molecule has 0 amide bonds. The van der Waals surface area contributed by atoms with E-state index in [1.807, 2.05) is 30.3 Å². The predicted molar refractivity (Wildman–Crippen MR) is 123 cm³/mol. The van der Waals surface area contributed by atoms with Gasteiger partial charge in [-0.15, -0.1) is 0 Å². The summed E-state index contributed by atoms with van der Waals surface area (Å²) in [4.78, 5) is 21.7. The number of fused-ring (bicyclic) bond motifs is 2. The molecule has 0 aliphatic carbocycles. The average molecular weight is 436 g/mol. The van der Waals surface area contributed by atoms with Crippen molar-refractivity contribution >= 4 is 39.6 Å². The van der Waals surface area contributed by atoms with Crippen LogP contribution in [-0.2, 0) is 22.5 Å². The molecule has 0 saturated carbocycles. The fraction of sp³-hybridized carbons (Fsp3) is 0.333. The summed E-state index contributed by atoms with van der Waals surface area (Å²) in [7, 11) is 0. The van der Waals surface area contributed by atoms with Crippen LogP contribution in [-0.4, -0.2) is 46.0 Å². The maximum Gasteiger partial charge on any atom is 0.308 e. The van der Waals surface area contributed by atoms with Gasteiger partial charge in [0.1, 0.15) is 11.6 Å². The molecule has 0 spiro atoms. The van der Waals surface area contributed by atoms with E-state index in [4.69, 9.17) is 4.98 Å². The molecule has 1 fully saturated rings. The van der Waals surface area contributed by atoms with Gasteiger partial charge in [-0.05, 0) is 42.7 Å². The zero-order valence-corrected chi connectivity index (χ0v) is 18.3. The Morgan fingerprint density at radius 3 is 2.81 bits per heavy atom. The number of anilines is 2. The monoisotopic (exact) mass is 435 g/mol. The molecule has 2 unspecified atom stereocenters. The number of hydrogen-bond acceptors (Lipinski definition) is 5. The number of carboxylic acids is 1. The van der Waals surface area contributed by atoms with Gasteiger partial charge in [0.15, 0.2) is 4.90 Å². The molecule has 31 heavy (non-hydrogen) atoms. The summed E-state index contributed by atoms with van der Waals surface area (Å²) in [5.74, 6) is 0.330. The summed E-state index contributed by atoms with van der Waals surface area (Å²) < 4.78 is 12.7. The van der Waals surface area contributed by atoms with Crippen molar-refractivity contribution in [2.75, 3.05) is 35.2 Å². The minimum absolute atomic E-state index is 0.344. The lowest BCUT2D eigenvalue weighted by molar-refractivity contribution is -0.140. The largest absolute Gasteiger partial charge is 0.611 e. The number of aromatic nitrogens is 1. The lowest BCUT2D eigenvalue weighted by Crippen LogP contribution is -2.27. The van der Waals surface area contributed by atoms with Gasteiger partial charge in [-0.25, -0.2) is 4.98 Å². The Kier molecular flexibility index (Phi) is 5.24. The lowest BCUT2D eigenvalue weighted by Gasteiger charge is -2.26. The summed E-state index contributed by atoms with van der Waals surface area (Å²) in [5, 5.41) is 10.5. The van der Waals surface area contributed by atoms with Crippen molar-refractivity contribution in [3.05, 3.63) is 59.7 Å². The topological polar surface area (TPSA) is 79.7 Å². The molecule has 160 valence electrons. The first-order chi connectivity index (χ1) is 15.0. The Labute approximate surface area is 184 Å². The second-order valence-electron chi connectivity index (χ2n) is 8.37. The molecular weight excluding hydrogens is 410 g/mol. The average Bonchev–Trinajstić information content (AvgIpc) is 3.20. The van der Waals surface area contributed by atoms with Gasteiger partial charge in [0.25, 0.3) is 0 Å². The second kappa shape index (κ2) is 8.05. The first kappa shape index (κ1) is 20.2.